The zero-order chi connectivity index (χ0) is 15.9. The van der Waals surface area contributed by atoms with Crippen LogP contribution >= 0.6 is 11.8 Å². The van der Waals surface area contributed by atoms with E-state index < -0.39 is 4.87 Å². The van der Waals surface area contributed by atoms with Crippen LogP contribution in [0.15, 0.2) is 42.5 Å². The van der Waals surface area contributed by atoms with Crippen LogP contribution in [0.4, 0.5) is 5.69 Å². The van der Waals surface area contributed by atoms with Gasteiger partial charge in [0, 0.05) is 11.3 Å². The van der Waals surface area contributed by atoms with E-state index in [0.717, 1.165) is 22.4 Å². The van der Waals surface area contributed by atoms with Crippen molar-refractivity contribution in [2.24, 2.45) is 0 Å². The Labute approximate surface area is 135 Å². The zero-order valence-electron chi connectivity index (χ0n) is 13.0. The Morgan fingerprint density at radius 2 is 1.86 bits per heavy atom. The van der Waals surface area contributed by atoms with Crippen LogP contribution in [0.2, 0.25) is 0 Å². The fourth-order valence-corrected chi connectivity index (χ4v) is 4.14. The average molecular weight is 313 g/mol. The molecule has 0 radical (unpaired) electrons. The van der Waals surface area contributed by atoms with Crippen molar-refractivity contribution in [3.8, 4) is 5.75 Å². The number of nitrogens with zero attached hydrogens (tertiary/aromatic N) is 1. The third-order valence-corrected chi connectivity index (χ3v) is 5.42. The largest absolute Gasteiger partial charge is 0.508 e. The second kappa shape index (κ2) is 5.36. The summed E-state index contributed by atoms with van der Waals surface area (Å²) in [7, 11) is 0. The summed E-state index contributed by atoms with van der Waals surface area (Å²) < 4.78 is 0. The molecule has 2 aromatic carbocycles. The van der Waals surface area contributed by atoms with Gasteiger partial charge in [-0.05, 0) is 50.6 Å². The number of rotatable bonds is 2. The maximum absolute atomic E-state index is 12.5. The molecule has 1 unspecified atom stereocenters. The van der Waals surface area contributed by atoms with Gasteiger partial charge in [-0.1, -0.05) is 23.8 Å². The van der Waals surface area contributed by atoms with Gasteiger partial charge in [0.15, 0.2) is 0 Å². The first-order chi connectivity index (χ1) is 10.4. The standard InChI is InChI=1S/C18H19NO2S/c1-12-5-4-6-14(9-12)19-17(21)11-22-18(19,3)15-10-13(2)7-8-16(15)20/h4-10,20H,11H2,1-3H3. The molecule has 3 nitrogen and oxygen atoms in total. The third-order valence-electron chi connectivity index (χ3n) is 4.06. The van der Waals surface area contributed by atoms with Gasteiger partial charge >= 0.3 is 0 Å². The number of phenols is 1. The summed E-state index contributed by atoms with van der Waals surface area (Å²) in [5.74, 6) is 0.713. The van der Waals surface area contributed by atoms with Crippen molar-refractivity contribution < 1.29 is 9.90 Å². The van der Waals surface area contributed by atoms with E-state index in [-0.39, 0.29) is 11.7 Å². The highest BCUT2D eigenvalue weighted by atomic mass is 32.2. The normalized spacial score (nSPS) is 21.4. The lowest BCUT2D eigenvalue weighted by molar-refractivity contribution is -0.116. The highest BCUT2D eigenvalue weighted by Gasteiger charge is 2.46. The van der Waals surface area contributed by atoms with E-state index in [0.29, 0.717) is 5.75 Å². The second-order valence-electron chi connectivity index (χ2n) is 5.86. The summed E-state index contributed by atoms with van der Waals surface area (Å²) >= 11 is 1.55. The molecule has 3 rings (SSSR count). The maximum Gasteiger partial charge on any atom is 0.238 e. The molecule has 1 aliphatic rings. The van der Waals surface area contributed by atoms with Crippen LogP contribution in [0, 0.1) is 13.8 Å². The van der Waals surface area contributed by atoms with E-state index >= 15 is 0 Å². The lowest BCUT2D eigenvalue weighted by atomic mass is 10.0. The molecular formula is C18H19NO2S. The van der Waals surface area contributed by atoms with E-state index in [1.807, 2.05) is 57.2 Å². The minimum atomic E-state index is -0.596. The van der Waals surface area contributed by atoms with Crippen LogP contribution in [-0.4, -0.2) is 16.8 Å². The quantitative estimate of drug-likeness (QED) is 0.912. The van der Waals surface area contributed by atoms with Crippen LogP contribution in [-0.2, 0) is 9.67 Å². The summed E-state index contributed by atoms with van der Waals surface area (Å²) in [6, 6.07) is 13.5. The molecule has 0 spiro atoms. The van der Waals surface area contributed by atoms with Crippen LogP contribution in [0.3, 0.4) is 0 Å². The Hall–Kier alpha value is -1.94. The molecular weight excluding hydrogens is 294 g/mol. The topological polar surface area (TPSA) is 40.5 Å². The summed E-state index contributed by atoms with van der Waals surface area (Å²) in [5, 5.41) is 10.3. The van der Waals surface area contributed by atoms with Crippen molar-refractivity contribution in [1.29, 1.82) is 0 Å². The van der Waals surface area contributed by atoms with Crippen LogP contribution in [0.1, 0.15) is 23.6 Å². The van der Waals surface area contributed by atoms with Crippen LogP contribution in [0.25, 0.3) is 0 Å². The smallest absolute Gasteiger partial charge is 0.238 e. The van der Waals surface area contributed by atoms with Gasteiger partial charge in [0.05, 0.1) is 5.75 Å². The minimum Gasteiger partial charge on any atom is -0.508 e. The highest BCUT2D eigenvalue weighted by molar-refractivity contribution is 8.01. The molecule has 0 saturated carbocycles. The van der Waals surface area contributed by atoms with Gasteiger partial charge in [0.25, 0.3) is 0 Å². The summed E-state index contributed by atoms with van der Waals surface area (Å²) in [5.41, 5.74) is 3.83. The molecule has 1 amide bonds. The van der Waals surface area contributed by atoms with Crippen LogP contribution in [0.5, 0.6) is 5.75 Å². The molecule has 114 valence electrons. The Kier molecular flexibility index (Phi) is 3.65. The molecule has 1 atom stereocenters. The highest BCUT2D eigenvalue weighted by Crippen LogP contribution is 2.49. The van der Waals surface area contributed by atoms with Crippen molar-refractivity contribution in [3.05, 3.63) is 59.2 Å². The van der Waals surface area contributed by atoms with Gasteiger partial charge in [-0.3, -0.25) is 9.69 Å². The number of benzene rings is 2. The van der Waals surface area contributed by atoms with Gasteiger partial charge in [-0.2, -0.15) is 0 Å². The van der Waals surface area contributed by atoms with Crippen molar-refractivity contribution in [2.45, 2.75) is 25.6 Å². The molecule has 1 saturated heterocycles. The Morgan fingerprint density at radius 3 is 2.59 bits per heavy atom. The van der Waals surface area contributed by atoms with Gasteiger partial charge in [-0.25, -0.2) is 0 Å². The Bertz CT molecular complexity index is 744. The van der Waals surface area contributed by atoms with Gasteiger partial charge in [0.2, 0.25) is 5.91 Å². The second-order valence-corrected chi connectivity index (χ2v) is 7.23. The van der Waals surface area contributed by atoms with E-state index in [1.54, 1.807) is 22.7 Å². The molecule has 1 N–H and O–H groups in total. The first-order valence-corrected chi connectivity index (χ1v) is 8.24. The summed E-state index contributed by atoms with van der Waals surface area (Å²) in [4.78, 5) is 13.7. The summed E-state index contributed by atoms with van der Waals surface area (Å²) in [6.45, 7) is 6.00. The number of thioether (sulfide) groups is 1. The first kappa shape index (κ1) is 15.0. The molecule has 0 aromatic heterocycles. The molecule has 1 aliphatic heterocycles. The number of aryl methyl sites for hydroxylation is 2. The predicted octanol–water partition coefficient (Wildman–Crippen LogP) is 3.96. The number of hydrogen-bond acceptors (Lipinski definition) is 3. The molecule has 1 heterocycles. The Balaban J connectivity index is 2.15. The maximum atomic E-state index is 12.5. The fraction of sp³-hybridized carbons (Fsp3) is 0.278. The van der Waals surface area contributed by atoms with Crippen molar-refractivity contribution in [2.75, 3.05) is 10.7 Å². The lowest BCUT2D eigenvalue weighted by Crippen LogP contribution is -2.40. The third kappa shape index (κ3) is 2.37. The zero-order valence-corrected chi connectivity index (χ0v) is 13.8. The number of anilines is 1. The summed E-state index contributed by atoms with van der Waals surface area (Å²) in [6.07, 6.45) is 0. The van der Waals surface area contributed by atoms with Gasteiger partial charge in [-0.15, -0.1) is 11.8 Å². The number of aromatic hydroxyl groups is 1. The van der Waals surface area contributed by atoms with Crippen molar-refractivity contribution in [1.82, 2.24) is 0 Å². The van der Waals surface area contributed by atoms with Gasteiger partial charge < -0.3 is 5.11 Å². The average Bonchev–Trinajstić information content (AvgIpc) is 2.78. The van der Waals surface area contributed by atoms with E-state index in [4.69, 9.17) is 0 Å². The number of hydrogen-bond donors (Lipinski definition) is 1. The van der Waals surface area contributed by atoms with E-state index in [2.05, 4.69) is 0 Å². The first-order valence-electron chi connectivity index (χ1n) is 7.25. The minimum absolute atomic E-state index is 0.0685. The number of carbonyl (C=O) groups is 1. The fourth-order valence-electron chi connectivity index (χ4n) is 2.95. The Morgan fingerprint density at radius 1 is 1.14 bits per heavy atom. The number of carbonyl (C=O) groups excluding carboxylic acids is 1. The molecule has 2 aromatic rings. The SMILES string of the molecule is Cc1cccc(N2C(=O)CSC2(C)c2cc(C)ccc2O)c1. The van der Waals surface area contributed by atoms with Crippen LogP contribution < -0.4 is 4.90 Å². The molecule has 22 heavy (non-hydrogen) atoms. The van der Waals surface area contributed by atoms with E-state index in [1.165, 1.54) is 0 Å². The molecule has 4 heteroatoms. The van der Waals surface area contributed by atoms with E-state index in [9.17, 15) is 9.90 Å². The molecule has 0 bridgehead atoms. The van der Waals surface area contributed by atoms with Gasteiger partial charge in [0.1, 0.15) is 10.6 Å². The lowest BCUT2D eigenvalue weighted by Gasteiger charge is -2.35. The molecule has 1 fully saturated rings. The number of amides is 1. The predicted molar refractivity (Wildman–Crippen MR) is 91.3 cm³/mol. The van der Waals surface area contributed by atoms with Crippen molar-refractivity contribution >= 4 is 23.4 Å². The molecule has 0 aliphatic carbocycles. The number of phenolic OH excluding ortho intramolecular Hbond substituents is 1. The van der Waals surface area contributed by atoms with Crippen molar-refractivity contribution in [3.63, 3.8) is 0 Å². The monoisotopic (exact) mass is 313 g/mol.